The van der Waals surface area contributed by atoms with Gasteiger partial charge in [0.2, 0.25) is 5.79 Å². The van der Waals surface area contributed by atoms with Gasteiger partial charge in [0.25, 0.3) is 0 Å². The van der Waals surface area contributed by atoms with Crippen LogP contribution in [-0.2, 0) is 16.0 Å². The standard InChI is InChI=1S/C19H22O5/c1-4-6-12(9-20)15-11-22-18(21)14-8-16-13(7-5-2)10-23-19(16,3)24-17(14)15/h5-7,9,11,13,16H,4,8,10H2,1-3H3/b7-5+,12-6-/t13-,16+,19+/m0/s1. The highest BCUT2D eigenvalue weighted by molar-refractivity contribution is 6.08. The van der Waals surface area contributed by atoms with Gasteiger partial charge in [-0.05, 0) is 19.8 Å². The van der Waals surface area contributed by atoms with E-state index in [4.69, 9.17) is 13.9 Å². The minimum atomic E-state index is -0.806. The SMILES string of the molecule is C/C=C/[C@H]1CO[C@]2(C)Oc3c(/C(C=O)=C\CC)coc(=O)c3C[C@H]12. The van der Waals surface area contributed by atoms with Crippen LogP contribution in [0.15, 0.2) is 33.7 Å². The van der Waals surface area contributed by atoms with Gasteiger partial charge in [0.15, 0.2) is 6.29 Å². The van der Waals surface area contributed by atoms with Gasteiger partial charge < -0.3 is 13.9 Å². The lowest BCUT2D eigenvalue weighted by molar-refractivity contribution is -0.166. The molecule has 3 rings (SSSR count). The molecule has 0 spiro atoms. The van der Waals surface area contributed by atoms with Crippen LogP contribution in [0.3, 0.4) is 0 Å². The number of carbonyl (C=O) groups excluding carboxylic acids is 1. The first-order valence-corrected chi connectivity index (χ1v) is 8.30. The minimum Gasteiger partial charge on any atom is -0.461 e. The molecule has 0 radical (unpaired) electrons. The molecule has 128 valence electrons. The van der Waals surface area contributed by atoms with E-state index in [-0.39, 0.29) is 11.8 Å². The Morgan fingerprint density at radius 3 is 2.92 bits per heavy atom. The molecule has 3 atom stereocenters. The van der Waals surface area contributed by atoms with Gasteiger partial charge in [-0.15, -0.1) is 0 Å². The van der Waals surface area contributed by atoms with Crippen molar-refractivity contribution in [2.24, 2.45) is 11.8 Å². The van der Waals surface area contributed by atoms with Gasteiger partial charge in [-0.2, -0.15) is 0 Å². The van der Waals surface area contributed by atoms with Gasteiger partial charge in [0, 0.05) is 24.3 Å². The van der Waals surface area contributed by atoms with Crippen molar-refractivity contribution in [2.75, 3.05) is 6.61 Å². The predicted octanol–water partition coefficient (Wildman–Crippen LogP) is 3.12. The van der Waals surface area contributed by atoms with Crippen molar-refractivity contribution in [3.8, 4) is 5.75 Å². The van der Waals surface area contributed by atoms with Crippen molar-refractivity contribution < 1.29 is 18.7 Å². The van der Waals surface area contributed by atoms with Gasteiger partial charge >= 0.3 is 5.63 Å². The fourth-order valence-electron chi connectivity index (χ4n) is 3.60. The second-order valence-electron chi connectivity index (χ2n) is 6.36. The Balaban J connectivity index is 2.11. The highest BCUT2D eigenvalue weighted by atomic mass is 16.7. The summed E-state index contributed by atoms with van der Waals surface area (Å²) in [6, 6.07) is 0. The van der Waals surface area contributed by atoms with E-state index in [2.05, 4.69) is 6.08 Å². The lowest BCUT2D eigenvalue weighted by Gasteiger charge is -2.37. The van der Waals surface area contributed by atoms with Crippen LogP contribution in [0.25, 0.3) is 5.57 Å². The Hall–Kier alpha value is -2.14. The summed E-state index contributed by atoms with van der Waals surface area (Å²) < 4.78 is 17.2. The molecule has 3 heterocycles. The predicted molar refractivity (Wildman–Crippen MR) is 89.8 cm³/mol. The van der Waals surface area contributed by atoms with E-state index in [9.17, 15) is 9.59 Å². The molecule has 0 N–H and O–H groups in total. The molecule has 0 bridgehead atoms. The van der Waals surface area contributed by atoms with Crippen LogP contribution in [0.1, 0.15) is 38.3 Å². The average Bonchev–Trinajstić information content (AvgIpc) is 2.88. The third-order valence-electron chi connectivity index (χ3n) is 4.83. The van der Waals surface area contributed by atoms with Crippen LogP contribution in [0.2, 0.25) is 0 Å². The lowest BCUT2D eigenvalue weighted by atomic mass is 9.81. The van der Waals surface area contributed by atoms with E-state index in [1.165, 1.54) is 6.26 Å². The Bertz CT molecular complexity index is 758. The van der Waals surface area contributed by atoms with Crippen LogP contribution >= 0.6 is 0 Å². The Morgan fingerprint density at radius 1 is 1.46 bits per heavy atom. The molecule has 5 heteroatoms. The highest BCUT2D eigenvalue weighted by Crippen LogP contribution is 2.47. The number of allylic oxidation sites excluding steroid dienone is 3. The summed E-state index contributed by atoms with van der Waals surface area (Å²) in [5, 5.41) is 0. The topological polar surface area (TPSA) is 65.7 Å². The molecule has 2 aliphatic heterocycles. The normalized spacial score (nSPS) is 29.2. The molecular formula is C19H22O5. The molecular weight excluding hydrogens is 308 g/mol. The first-order valence-electron chi connectivity index (χ1n) is 8.30. The molecule has 24 heavy (non-hydrogen) atoms. The van der Waals surface area contributed by atoms with Crippen LogP contribution in [0, 0.1) is 11.8 Å². The number of carbonyl (C=O) groups is 1. The van der Waals surface area contributed by atoms with Crippen LogP contribution < -0.4 is 10.4 Å². The average molecular weight is 330 g/mol. The maximum atomic E-state index is 12.2. The summed E-state index contributed by atoms with van der Waals surface area (Å²) in [5.74, 6) is -0.167. The zero-order valence-corrected chi connectivity index (χ0v) is 14.2. The van der Waals surface area contributed by atoms with Gasteiger partial charge in [-0.3, -0.25) is 4.79 Å². The van der Waals surface area contributed by atoms with Gasteiger partial charge in [-0.25, -0.2) is 4.79 Å². The van der Waals surface area contributed by atoms with Crippen molar-refractivity contribution in [1.82, 2.24) is 0 Å². The highest BCUT2D eigenvalue weighted by Gasteiger charge is 2.51. The molecule has 0 saturated carbocycles. The third kappa shape index (κ3) is 2.63. The van der Waals surface area contributed by atoms with E-state index in [0.717, 1.165) is 6.29 Å². The van der Waals surface area contributed by atoms with Crippen molar-refractivity contribution in [3.05, 3.63) is 46.0 Å². The number of ether oxygens (including phenoxy) is 2. The quantitative estimate of drug-likeness (QED) is 0.482. The summed E-state index contributed by atoms with van der Waals surface area (Å²) in [4.78, 5) is 23.7. The first-order chi connectivity index (χ1) is 11.5. The van der Waals surface area contributed by atoms with Gasteiger partial charge in [-0.1, -0.05) is 25.2 Å². The van der Waals surface area contributed by atoms with E-state index >= 15 is 0 Å². The number of hydrogen-bond donors (Lipinski definition) is 0. The zero-order chi connectivity index (χ0) is 17.3. The lowest BCUT2D eigenvalue weighted by Crippen LogP contribution is -2.45. The van der Waals surface area contributed by atoms with Crippen molar-refractivity contribution in [3.63, 3.8) is 0 Å². The Morgan fingerprint density at radius 2 is 2.25 bits per heavy atom. The van der Waals surface area contributed by atoms with Gasteiger partial charge in [0.1, 0.15) is 12.0 Å². The third-order valence-corrected chi connectivity index (χ3v) is 4.83. The molecule has 1 saturated heterocycles. The summed E-state index contributed by atoms with van der Waals surface area (Å²) in [5.41, 5.74) is 1.05. The van der Waals surface area contributed by atoms with Crippen LogP contribution in [-0.4, -0.2) is 18.7 Å². The van der Waals surface area contributed by atoms with Crippen LogP contribution in [0.4, 0.5) is 0 Å². The molecule has 1 fully saturated rings. The molecule has 0 amide bonds. The number of aldehydes is 1. The molecule has 1 aromatic rings. The fraction of sp³-hybridized carbons (Fsp3) is 0.474. The van der Waals surface area contributed by atoms with Gasteiger partial charge in [0.05, 0.1) is 17.7 Å². The molecule has 0 aromatic carbocycles. The zero-order valence-electron chi connectivity index (χ0n) is 14.2. The summed E-state index contributed by atoms with van der Waals surface area (Å²) in [6.07, 6.45) is 9.13. The largest absolute Gasteiger partial charge is 0.461 e. The summed E-state index contributed by atoms with van der Waals surface area (Å²) in [6.45, 7) is 6.35. The second-order valence-corrected chi connectivity index (χ2v) is 6.36. The van der Waals surface area contributed by atoms with E-state index in [1.54, 1.807) is 6.08 Å². The van der Waals surface area contributed by atoms with E-state index < -0.39 is 11.4 Å². The van der Waals surface area contributed by atoms with Crippen molar-refractivity contribution in [1.29, 1.82) is 0 Å². The Kier molecular flexibility index (Phi) is 4.45. The Labute approximate surface area is 141 Å². The monoisotopic (exact) mass is 330 g/mol. The fourth-order valence-corrected chi connectivity index (χ4v) is 3.60. The minimum absolute atomic E-state index is 0.0363. The molecule has 1 aromatic heterocycles. The summed E-state index contributed by atoms with van der Waals surface area (Å²) in [7, 11) is 0. The maximum absolute atomic E-state index is 12.2. The van der Waals surface area contributed by atoms with E-state index in [0.29, 0.717) is 41.9 Å². The molecule has 2 aliphatic rings. The molecule has 0 aliphatic carbocycles. The number of fused-ring (bicyclic) bond motifs is 2. The van der Waals surface area contributed by atoms with E-state index in [1.807, 2.05) is 26.8 Å². The summed E-state index contributed by atoms with van der Waals surface area (Å²) >= 11 is 0. The number of hydrogen-bond acceptors (Lipinski definition) is 5. The maximum Gasteiger partial charge on any atom is 0.342 e. The second kappa shape index (κ2) is 6.40. The molecule has 0 unspecified atom stereocenters. The van der Waals surface area contributed by atoms with Crippen molar-refractivity contribution >= 4 is 11.9 Å². The number of rotatable bonds is 4. The van der Waals surface area contributed by atoms with Crippen LogP contribution in [0.5, 0.6) is 5.75 Å². The smallest absolute Gasteiger partial charge is 0.342 e. The first kappa shape index (κ1) is 16.7. The molecule has 5 nitrogen and oxygen atoms in total. The van der Waals surface area contributed by atoms with Crippen molar-refractivity contribution in [2.45, 2.75) is 39.4 Å².